The van der Waals surface area contributed by atoms with Gasteiger partial charge in [0.15, 0.2) is 0 Å². The minimum absolute atomic E-state index is 0. The van der Waals surface area contributed by atoms with Gasteiger partial charge in [0.1, 0.15) is 0 Å². The molecule has 0 bridgehead atoms. The van der Waals surface area contributed by atoms with Crippen LogP contribution in [-0.2, 0) is 25.7 Å². The fourth-order valence-electron chi connectivity index (χ4n) is 5.75. The molecule has 238 valence electrons. The van der Waals surface area contributed by atoms with E-state index in [1.807, 2.05) is 35.2 Å². The number of aliphatic hydroxyl groups is 1. The summed E-state index contributed by atoms with van der Waals surface area (Å²) in [5.41, 5.74) is 2.24. The van der Waals surface area contributed by atoms with E-state index in [4.69, 9.17) is 0 Å². The van der Waals surface area contributed by atoms with E-state index in [2.05, 4.69) is 24.5 Å². The number of nitrogens with one attached hydrogen (secondary N) is 2. The second-order valence-electron chi connectivity index (χ2n) is 11.2. The second-order valence-corrected chi connectivity index (χ2v) is 11.2. The van der Waals surface area contributed by atoms with Crippen molar-refractivity contribution in [2.24, 2.45) is 0 Å². The minimum atomic E-state index is -4.44. The Labute approximate surface area is 263 Å². The third kappa shape index (κ3) is 8.83. The Hall–Kier alpha value is -3.40. The molecule has 1 aliphatic heterocycles. The summed E-state index contributed by atoms with van der Waals surface area (Å²) in [7, 11) is 0. The van der Waals surface area contributed by atoms with Crippen LogP contribution < -0.4 is 10.6 Å². The van der Waals surface area contributed by atoms with Crippen LogP contribution in [0.25, 0.3) is 0 Å². The molecule has 0 radical (unpaired) electrons. The van der Waals surface area contributed by atoms with Crippen molar-refractivity contribution < 1.29 is 27.9 Å². The quantitative estimate of drug-likeness (QED) is 0.189. The highest BCUT2D eigenvalue weighted by Crippen LogP contribution is 2.31. The van der Waals surface area contributed by atoms with Gasteiger partial charge in [-0.2, -0.15) is 13.2 Å². The maximum Gasteiger partial charge on any atom is 0.416 e. The molecule has 2 amide bonds. The molecule has 1 aliphatic rings. The molecule has 0 spiro atoms. The average Bonchev–Trinajstić information content (AvgIpc) is 3.33. The van der Waals surface area contributed by atoms with Gasteiger partial charge in [-0.15, -0.1) is 12.4 Å². The molecule has 4 rings (SSSR count). The Bertz CT molecular complexity index is 1380. The number of alkyl halides is 3. The van der Waals surface area contributed by atoms with Crippen LogP contribution in [0.15, 0.2) is 72.8 Å². The first kappa shape index (κ1) is 35.1. The van der Waals surface area contributed by atoms with Crippen LogP contribution in [0.1, 0.15) is 82.5 Å². The fraction of sp³-hybridized carbons (Fsp3) is 0.412. The number of nitrogens with zero attached hydrogens (tertiary/aromatic N) is 1. The van der Waals surface area contributed by atoms with Crippen molar-refractivity contribution in [2.75, 3.05) is 6.54 Å². The van der Waals surface area contributed by atoms with Crippen LogP contribution in [0.5, 0.6) is 0 Å². The van der Waals surface area contributed by atoms with Gasteiger partial charge < -0.3 is 20.6 Å². The number of carbonyl (C=O) groups is 2. The number of carbonyl (C=O) groups excluding carboxylic acids is 2. The predicted molar refractivity (Wildman–Crippen MR) is 168 cm³/mol. The Morgan fingerprint density at radius 1 is 0.955 bits per heavy atom. The van der Waals surface area contributed by atoms with Crippen molar-refractivity contribution in [1.82, 2.24) is 15.5 Å². The fourth-order valence-corrected chi connectivity index (χ4v) is 5.75. The average molecular weight is 632 g/mol. The summed E-state index contributed by atoms with van der Waals surface area (Å²) in [6, 6.07) is 19.1. The molecule has 0 saturated heterocycles. The van der Waals surface area contributed by atoms with Crippen LogP contribution in [-0.4, -0.2) is 46.6 Å². The molecule has 3 aromatic carbocycles. The zero-order valence-electron chi connectivity index (χ0n) is 25.1. The molecule has 44 heavy (non-hydrogen) atoms. The molecule has 2 atom stereocenters. The molecule has 0 aliphatic carbocycles. The number of halogens is 4. The van der Waals surface area contributed by atoms with E-state index in [0.29, 0.717) is 35.2 Å². The summed E-state index contributed by atoms with van der Waals surface area (Å²) in [4.78, 5) is 28.9. The maximum absolute atomic E-state index is 13.7. The molecule has 0 aromatic heterocycles. The molecule has 3 aromatic rings. The van der Waals surface area contributed by atoms with Crippen LogP contribution >= 0.6 is 12.4 Å². The summed E-state index contributed by atoms with van der Waals surface area (Å²) in [6.07, 6.45) is -1.43. The van der Waals surface area contributed by atoms with Gasteiger partial charge >= 0.3 is 6.18 Å². The number of rotatable bonds is 14. The topological polar surface area (TPSA) is 81.7 Å². The number of amides is 2. The maximum atomic E-state index is 13.7. The first-order valence-corrected chi connectivity index (χ1v) is 14.9. The van der Waals surface area contributed by atoms with Gasteiger partial charge in [0.05, 0.1) is 17.7 Å². The molecular formula is C34H41ClF3N3O3. The lowest BCUT2D eigenvalue weighted by Gasteiger charge is -2.27. The first-order chi connectivity index (χ1) is 20.6. The van der Waals surface area contributed by atoms with Gasteiger partial charge in [-0.05, 0) is 54.2 Å². The van der Waals surface area contributed by atoms with Gasteiger partial charge in [-0.25, -0.2) is 0 Å². The molecule has 6 nitrogen and oxygen atoms in total. The summed E-state index contributed by atoms with van der Waals surface area (Å²) >= 11 is 0. The number of fused-ring (bicyclic) bond motifs is 1. The zero-order valence-corrected chi connectivity index (χ0v) is 25.9. The lowest BCUT2D eigenvalue weighted by molar-refractivity contribution is -0.137. The standard InChI is InChI=1S/C34H40F3N3O3.ClH/c1-3-10-26(11-4-2)40-22-29-27(16-9-17-28(29)33(40)43)32(42)39-30(19-23-12-6-5-7-13-23)31(41)21-38-20-24-14-8-15-25(18-24)34(35,36)37;/h5-9,12-18,26,30-31,38,41H,3-4,10-11,19-22H2,1-2H3,(H,39,42);1H/t30-,31+;/m0./s1. The zero-order chi connectivity index (χ0) is 31.0. The third-order valence-corrected chi connectivity index (χ3v) is 7.94. The monoisotopic (exact) mass is 631 g/mol. The summed E-state index contributed by atoms with van der Waals surface area (Å²) in [5.74, 6) is -0.442. The summed E-state index contributed by atoms with van der Waals surface area (Å²) in [6.45, 7) is 4.73. The van der Waals surface area contributed by atoms with Crippen molar-refractivity contribution in [3.8, 4) is 0 Å². The van der Waals surface area contributed by atoms with E-state index >= 15 is 0 Å². The van der Waals surface area contributed by atoms with Crippen LogP contribution in [0.2, 0.25) is 0 Å². The third-order valence-electron chi connectivity index (χ3n) is 7.94. The molecule has 0 saturated carbocycles. The second kappa shape index (κ2) is 16.1. The molecule has 1 heterocycles. The van der Waals surface area contributed by atoms with Gasteiger partial charge in [-0.3, -0.25) is 9.59 Å². The van der Waals surface area contributed by atoms with Gasteiger partial charge in [-0.1, -0.05) is 81.3 Å². The SMILES string of the molecule is CCCC(CCC)N1Cc2c(C(=O)N[C@@H](Cc3ccccc3)[C@H](O)CNCc3cccc(C(F)(F)F)c3)cccc2C1=O.Cl. The van der Waals surface area contributed by atoms with Crippen LogP contribution in [0.3, 0.4) is 0 Å². The molecule has 10 heteroatoms. The van der Waals surface area contributed by atoms with E-state index in [9.17, 15) is 27.9 Å². The Morgan fingerprint density at radius 2 is 1.61 bits per heavy atom. The number of aliphatic hydroxyl groups excluding tert-OH is 1. The first-order valence-electron chi connectivity index (χ1n) is 14.9. The minimum Gasteiger partial charge on any atom is -0.390 e. The summed E-state index contributed by atoms with van der Waals surface area (Å²) in [5, 5.41) is 17.2. The van der Waals surface area contributed by atoms with E-state index in [0.717, 1.165) is 43.4 Å². The highest BCUT2D eigenvalue weighted by atomic mass is 35.5. The predicted octanol–water partition coefficient (Wildman–Crippen LogP) is 6.54. The van der Waals surface area contributed by atoms with Crippen molar-refractivity contribution in [2.45, 2.75) is 83.4 Å². The Kier molecular flexibility index (Phi) is 12.8. The molecule has 0 unspecified atom stereocenters. The van der Waals surface area contributed by atoms with Crippen molar-refractivity contribution in [1.29, 1.82) is 0 Å². The van der Waals surface area contributed by atoms with E-state index < -0.39 is 23.9 Å². The Morgan fingerprint density at radius 3 is 2.27 bits per heavy atom. The van der Waals surface area contributed by atoms with E-state index in [1.165, 1.54) is 6.07 Å². The number of benzene rings is 3. The molecular weight excluding hydrogens is 591 g/mol. The summed E-state index contributed by atoms with van der Waals surface area (Å²) < 4.78 is 39.3. The molecule has 0 fully saturated rings. The van der Waals surface area contributed by atoms with Gasteiger partial charge in [0, 0.05) is 36.8 Å². The molecule has 3 N–H and O–H groups in total. The van der Waals surface area contributed by atoms with Crippen molar-refractivity contribution in [3.63, 3.8) is 0 Å². The lowest BCUT2D eigenvalue weighted by Crippen LogP contribution is -2.48. The van der Waals surface area contributed by atoms with E-state index in [-0.39, 0.29) is 43.4 Å². The Balaban J connectivity index is 0.00000529. The van der Waals surface area contributed by atoms with Crippen molar-refractivity contribution >= 4 is 24.2 Å². The van der Waals surface area contributed by atoms with Gasteiger partial charge in [0.2, 0.25) is 0 Å². The highest BCUT2D eigenvalue weighted by Gasteiger charge is 2.35. The van der Waals surface area contributed by atoms with Crippen LogP contribution in [0, 0.1) is 0 Å². The smallest absolute Gasteiger partial charge is 0.390 e. The highest BCUT2D eigenvalue weighted by molar-refractivity contribution is 6.04. The van der Waals surface area contributed by atoms with Crippen molar-refractivity contribution in [3.05, 3.63) is 106 Å². The van der Waals surface area contributed by atoms with E-state index in [1.54, 1.807) is 24.3 Å². The normalized spacial score (nSPS) is 14.2. The van der Waals surface area contributed by atoms with Crippen LogP contribution in [0.4, 0.5) is 13.2 Å². The lowest BCUT2D eigenvalue weighted by atomic mass is 9.98. The largest absolute Gasteiger partial charge is 0.416 e. The number of hydrogen-bond donors (Lipinski definition) is 3. The number of hydrogen-bond acceptors (Lipinski definition) is 4. The van der Waals surface area contributed by atoms with Gasteiger partial charge in [0.25, 0.3) is 11.8 Å².